The lowest BCUT2D eigenvalue weighted by Crippen LogP contribution is -2.61. The molecule has 1 aliphatic rings. The first kappa shape index (κ1) is 71.2. The van der Waals surface area contributed by atoms with E-state index in [4.69, 9.17) is 23.7 Å². The standard InChI is InChI=1S/C65H110O12/c1-4-7-10-13-16-19-22-25-27-28-29-30-32-34-36-39-42-45-48-51-57(66)73-54-56(75-58(67)52-49-46-43-40-37-33-24-21-18-15-12-9-6-3)55-74-65-63(61(70)60(69)62(77-65)64(71)72)76-59(68)53-50-47-44-41-38-35-31-26-23-20-17-14-11-8-5-2/h8,11-12,15,17,20-21,24,26,31,38,41,56,60-63,65,69-70H,4-7,9-10,13-14,16,18-19,22-23,25,27-30,32-37,39-40,42-55H2,1-3H3,(H,71,72)/b11-8-,15-12-,20-17-,24-21-,31-26-,41-38-. The number of carbonyl (C=O) groups is 4. The Morgan fingerprint density at radius 1 is 0.442 bits per heavy atom. The molecule has 0 aromatic heterocycles. The number of hydrogen-bond donors (Lipinski definition) is 3. The SMILES string of the molecule is CC/C=C\C/C=C\C/C=C\C/C=C\CCCCC(=O)OC1C(OCC(COC(=O)CCCCCCCCCCCCCCCCCCCCC)OC(=O)CCCCCCC/C=C\C/C=C\CCC)OC(C(=O)O)C(O)C1O. The molecule has 0 spiro atoms. The molecule has 12 heteroatoms. The number of hydrogen-bond acceptors (Lipinski definition) is 11. The van der Waals surface area contributed by atoms with E-state index in [9.17, 15) is 34.5 Å². The molecule has 77 heavy (non-hydrogen) atoms. The molecule has 0 saturated carbocycles. The number of carbonyl (C=O) groups excluding carboxylic acids is 3. The molecule has 1 heterocycles. The van der Waals surface area contributed by atoms with Crippen LogP contribution in [0.2, 0.25) is 0 Å². The van der Waals surface area contributed by atoms with Crippen LogP contribution in [0, 0.1) is 0 Å². The van der Waals surface area contributed by atoms with Crippen LogP contribution in [-0.2, 0) is 42.9 Å². The summed E-state index contributed by atoms with van der Waals surface area (Å²) in [5.41, 5.74) is 0. The molecule has 12 nitrogen and oxygen atoms in total. The Morgan fingerprint density at radius 3 is 1.32 bits per heavy atom. The van der Waals surface area contributed by atoms with E-state index in [0.29, 0.717) is 25.7 Å². The van der Waals surface area contributed by atoms with Gasteiger partial charge >= 0.3 is 23.9 Å². The van der Waals surface area contributed by atoms with E-state index in [0.717, 1.165) is 103 Å². The van der Waals surface area contributed by atoms with Gasteiger partial charge in [0.2, 0.25) is 0 Å². The first-order chi connectivity index (χ1) is 37.6. The molecule has 1 aliphatic heterocycles. The minimum absolute atomic E-state index is 0.00563. The molecular formula is C65H110O12. The maximum atomic E-state index is 13.1. The summed E-state index contributed by atoms with van der Waals surface area (Å²) in [6, 6.07) is 0. The van der Waals surface area contributed by atoms with E-state index in [1.165, 1.54) is 96.3 Å². The highest BCUT2D eigenvalue weighted by Gasteiger charge is 2.50. The third-order valence-corrected chi connectivity index (χ3v) is 13.7. The van der Waals surface area contributed by atoms with Gasteiger partial charge in [-0.05, 0) is 83.5 Å². The van der Waals surface area contributed by atoms with Crippen LogP contribution in [0.15, 0.2) is 72.9 Å². The van der Waals surface area contributed by atoms with Crippen molar-refractivity contribution in [2.75, 3.05) is 13.2 Å². The molecule has 6 atom stereocenters. The van der Waals surface area contributed by atoms with Gasteiger partial charge in [0.15, 0.2) is 24.6 Å². The topological polar surface area (TPSA) is 175 Å². The fourth-order valence-corrected chi connectivity index (χ4v) is 9.04. The van der Waals surface area contributed by atoms with Crippen molar-refractivity contribution in [2.45, 2.75) is 302 Å². The lowest BCUT2D eigenvalue weighted by molar-refractivity contribution is -0.301. The third-order valence-electron chi connectivity index (χ3n) is 13.7. The molecule has 0 bridgehead atoms. The lowest BCUT2D eigenvalue weighted by atomic mass is 9.98. The molecule has 1 rings (SSSR count). The zero-order valence-corrected chi connectivity index (χ0v) is 48.7. The molecule has 0 aliphatic carbocycles. The summed E-state index contributed by atoms with van der Waals surface area (Å²) in [6.07, 6.45) is 54.5. The second-order valence-corrected chi connectivity index (χ2v) is 21.0. The fraction of sp³-hybridized carbons (Fsp3) is 0.754. The normalized spacial score (nSPS) is 18.5. The average molecular weight is 1080 g/mol. The second-order valence-electron chi connectivity index (χ2n) is 21.0. The second kappa shape index (κ2) is 52.8. The largest absolute Gasteiger partial charge is 0.479 e. The van der Waals surface area contributed by atoms with Gasteiger partial charge < -0.3 is 39.0 Å². The van der Waals surface area contributed by atoms with E-state index in [1.54, 1.807) is 0 Å². The minimum atomic E-state index is -1.92. The number of carboxylic acid groups (broad SMARTS) is 1. The summed E-state index contributed by atoms with van der Waals surface area (Å²) in [6.45, 7) is 5.80. The number of aliphatic hydroxyl groups excluding tert-OH is 2. The van der Waals surface area contributed by atoms with Crippen LogP contribution < -0.4 is 0 Å². The van der Waals surface area contributed by atoms with Crippen molar-refractivity contribution in [1.82, 2.24) is 0 Å². The van der Waals surface area contributed by atoms with Gasteiger partial charge in [0, 0.05) is 19.3 Å². The van der Waals surface area contributed by atoms with E-state index < -0.39 is 67.3 Å². The summed E-state index contributed by atoms with van der Waals surface area (Å²) in [5, 5.41) is 31.5. The number of carboxylic acids is 1. The van der Waals surface area contributed by atoms with Crippen molar-refractivity contribution < 1.29 is 58.2 Å². The van der Waals surface area contributed by atoms with Crippen molar-refractivity contribution >= 4 is 23.9 Å². The first-order valence-corrected chi connectivity index (χ1v) is 30.9. The van der Waals surface area contributed by atoms with Gasteiger partial charge in [-0.3, -0.25) is 14.4 Å². The van der Waals surface area contributed by atoms with Crippen molar-refractivity contribution in [1.29, 1.82) is 0 Å². The molecule has 0 amide bonds. The van der Waals surface area contributed by atoms with Crippen LogP contribution in [0.4, 0.5) is 0 Å². The van der Waals surface area contributed by atoms with E-state index in [2.05, 4.69) is 93.7 Å². The molecule has 0 aromatic rings. The number of esters is 3. The number of rotatable bonds is 52. The highest BCUT2D eigenvalue weighted by atomic mass is 16.7. The summed E-state index contributed by atoms with van der Waals surface area (Å²) in [4.78, 5) is 51.2. The van der Waals surface area contributed by atoms with Gasteiger partial charge in [-0.15, -0.1) is 0 Å². The van der Waals surface area contributed by atoms with E-state index in [-0.39, 0.29) is 25.9 Å². The maximum Gasteiger partial charge on any atom is 0.335 e. The highest BCUT2D eigenvalue weighted by molar-refractivity contribution is 5.74. The van der Waals surface area contributed by atoms with Crippen LogP contribution in [-0.4, -0.2) is 89.2 Å². The Morgan fingerprint density at radius 2 is 0.844 bits per heavy atom. The predicted molar refractivity (Wildman–Crippen MR) is 312 cm³/mol. The van der Waals surface area contributed by atoms with Crippen LogP contribution >= 0.6 is 0 Å². The van der Waals surface area contributed by atoms with Crippen molar-refractivity contribution in [2.24, 2.45) is 0 Å². The third kappa shape index (κ3) is 42.7. The molecule has 6 unspecified atom stereocenters. The Hall–Kier alpha value is -3.84. The summed E-state index contributed by atoms with van der Waals surface area (Å²) in [7, 11) is 0. The quantitative estimate of drug-likeness (QED) is 0.0228. The van der Waals surface area contributed by atoms with Gasteiger partial charge in [-0.1, -0.05) is 235 Å². The number of allylic oxidation sites excluding steroid dienone is 12. The van der Waals surface area contributed by atoms with Crippen LogP contribution in [0.1, 0.15) is 265 Å². The molecule has 442 valence electrons. The molecule has 0 aromatic carbocycles. The number of aliphatic hydroxyl groups is 2. The molecular weight excluding hydrogens is 973 g/mol. The van der Waals surface area contributed by atoms with Crippen molar-refractivity contribution in [3.8, 4) is 0 Å². The lowest BCUT2D eigenvalue weighted by Gasteiger charge is -2.40. The highest BCUT2D eigenvalue weighted by Crippen LogP contribution is 2.26. The Labute approximate surface area is 468 Å². The van der Waals surface area contributed by atoms with Crippen molar-refractivity contribution in [3.63, 3.8) is 0 Å². The fourth-order valence-electron chi connectivity index (χ4n) is 9.04. The Kier molecular flexibility index (Phi) is 48.8. The van der Waals surface area contributed by atoms with Gasteiger partial charge in [0.1, 0.15) is 18.8 Å². The van der Waals surface area contributed by atoms with Crippen molar-refractivity contribution in [3.05, 3.63) is 72.9 Å². The van der Waals surface area contributed by atoms with E-state index in [1.807, 2.05) is 0 Å². The Balaban J connectivity index is 2.67. The Bertz CT molecular complexity index is 1620. The number of aliphatic carboxylic acids is 1. The number of ether oxygens (including phenoxy) is 5. The van der Waals surface area contributed by atoms with Gasteiger partial charge in [-0.2, -0.15) is 0 Å². The number of unbranched alkanes of at least 4 members (excludes halogenated alkanes) is 26. The van der Waals surface area contributed by atoms with Crippen LogP contribution in [0.25, 0.3) is 0 Å². The molecule has 1 fully saturated rings. The van der Waals surface area contributed by atoms with Crippen LogP contribution in [0.3, 0.4) is 0 Å². The predicted octanol–water partition coefficient (Wildman–Crippen LogP) is 16.1. The minimum Gasteiger partial charge on any atom is -0.479 e. The summed E-state index contributed by atoms with van der Waals surface area (Å²) in [5.74, 6) is -3.18. The summed E-state index contributed by atoms with van der Waals surface area (Å²) >= 11 is 0. The monoisotopic (exact) mass is 1080 g/mol. The smallest absolute Gasteiger partial charge is 0.335 e. The molecule has 1 saturated heterocycles. The van der Waals surface area contributed by atoms with Gasteiger partial charge in [0.05, 0.1) is 6.61 Å². The molecule has 0 radical (unpaired) electrons. The zero-order chi connectivity index (χ0) is 56.1. The van der Waals surface area contributed by atoms with Gasteiger partial charge in [-0.25, -0.2) is 4.79 Å². The molecule has 3 N–H and O–H groups in total. The maximum absolute atomic E-state index is 13.1. The summed E-state index contributed by atoms with van der Waals surface area (Å²) < 4.78 is 28.4. The van der Waals surface area contributed by atoms with Crippen LogP contribution in [0.5, 0.6) is 0 Å². The first-order valence-electron chi connectivity index (χ1n) is 30.9. The van der Waals surface area contributed by atoms with Gasteiger partial charge in [0.25, 0.3) is 0 Å². The average Bonchev–Trinajstić information content (AvgIpc) is 3.42. The van der Waals surface area contributed by atoms with E-state index >= 15 is 0 Å². The zero-order valence-electron chi connectivity index (χ0n) is 48.7.